The van der Waals surface area contributed by atoms with Crippen molar-refractivity contribution in [3.8, 4) is 11.5 Å². The first-order valence-corrected chi connectivity index (χ1v) is 15.3. The van der Waals surface area contributed by atoms with Gasteiger partial charge in [0.1, 0.15) is 6.54 Å². The number of thiazole rings is 1. The van der Waals surface area contributed by atoms with E-state index in [2.05, 4.69) is 4.99 Å². The smallest absolute Gasteiger partial charge is 0.338 e. The summed E-state index contributed by atoms with van der Waals surface area (Å²) in [7, 11) is 1.55. The Hall–Kier alpha value is -4.64. The molecule has 1 aliphatic rings. The van der Waals surface area contributed by atoms with Gasteiger partial charge in [-0.1, -0.05) is 35.6 Å². The van der Waals surface area contributed by atoms with E-state index in [-0.39, 0.29) is 36.4 Å². The van der Waals surface area contributed by atoms with Crippen LogP contribution in [0.25, 0.3) is 17.0 Å². The van der Waals surface area contributed by atoms with E-state index in [0.717, 1.165) is 16.5 Å². The lowest BCUT2D eigenvalue weighted by molar-refractivity contribution is -0.143. The van der Waals surface area contributed by atoms with E-state index in [1.807, 2.05) is 54.9 Å². The third kappa shape index (κ3) is 5.92. The molecule has 0 saturated heterocycles. The summed E-state index contributed by atoms with van der Waals surface area (Å²) >= 11 is 1.23. The molecule has 0 aliphatic carbocycles. The molecular weight excluding hydrogens is 582 g/mol. The number of allylic oxidation sites excluding steroid dienone is 1. The van der Waals surface area contributed by atoms with Crippen LogP contribution in [0.4, 0.5) is 0 Å². The fourth-order valence-electron chi connectivity index (χ4n) is 5.32. The van der Waals surface area contributed by atoms with Gasteiger partial charge in [-0.2, -0.15) is 0 Å². The van der Waals surface area contributed by atoms with Gasteiger partial charge >= 0.3 is 11.9 Å². The maximum absolute atomic E-state index is 14.2. The molecule has 0 fully saturated rings. The number of benzene rings is 2. The molecule has 10 nitrogen and oxygen atoms in total. The van der Waals surface area contributed by atoms with Crippen LogP contribution in [0.2, 0.25) is 0 Å². The number of nitrogens with zero attached hydrogens (tertiary/aromatic N) is 3. The standard InChI is InChI=1S/C33H35N3O7S/c1-7-41-28(37)18-35-17-22(23-11-9-10-12-24(23)35)16-27-31(38)36-30(21-13-14-25(43-19(3)4)26(15-21)40-6)29(32(39)42-8-2)20(5)34-33(36)44-27/h9-17,19,30H,7-8,18H2,1-6H3. The number of hydrogen-bond donors (Lipinski definition) is 0. The first-order valence-electron chi connectivity index (χ1n) is 14.4. The highest BCUT2D eigenvalue weighted by molar-refractivity contribution is 7.07. The van der Waals surface area contributed by atoms with Gasteiger partial charge in [-0.3, -0.25) is 14.2 Å². The van der Waals surface area contributed by atoms with Gasteiger partial charge in [0.2, 0.25) is 0 Å². The Kier molecular flexibility index (Phi) is 9.05. The van der Waals surface area contributed by atoms with Crippen molar-refractivity contribution in [1.29, 1.82) is 0 Å². The number of methoxy groups -OCH3 is 1. The van der Waals surface area contributed by atoms with Crippen LogP contribution in [0.15, 0.2) is 69.7 Å². The number of aromatic nitrogens is 2. The van der Waals surface area contributed by atoms with Gasteiger partial charge in [0.05, 0.1) is 48.3 Å². The van der Waals surface area contributed by atoms with Gasteiger partial charge in [-0.25, -0.2) is 9.79 Å². The molecule has 0 amide bonds. The minimum Gasteiger partial charge on any atom is -0.493 e. The van der Waals surface area contributed by atoms with Gasteiger partial charge in [-0.15, -0.1) is 0 Å². The predicted molar refractivity (Wildman–Crippen MR) is 168 cm³/mol. The summed E-state index contributed by atoms with van der Waals surface area (Å²) in [6.45, 7) is 9.60. The first kappa shape index (κ1) is 30.8. The second-order valence-corrected chi connectivity index (χ2v) is 11.4. The van der Waals surface area contributed by atoms with E-state index in [0.29, 0.717) is 38.7 Å². The van der Waals surface area contributed by atoms with E-state index in [1.165, 1.54) is 15.9 Å². The number of carbonyl (C=O) groups is 2. The largest absolute Gasteiger partial charge is 0.493 e. The number of ether oxygens (including phenoxy) is 4. The van der Waals surface area contributed by atoms with Gasteiger partial charge < -0.3 is 23.5 Å². The summed E-state index contributed by atoms with van der Waals surface area (Å²) in [6.07, 6.45) is 3.56. The quantitative estimate of drug-likeness (QED) is 0.246. The number of hydrogen-bond acceptors (Lipinski definition) is 9. The second kappa shape index (κ2) is 12.9. The molecule has 0 N–H and O–H groups in total. The zero-order valence-corrected chi connectivity index (χ0v) is 26.4. The van der Waals surface area contributed by atoms with E-state index in [4.69, 9.17) is 18.9 Å². The summed E-state index contributed by atoms with van der Waals surface area (Å²) in [5.74, 6) is 0.139. The molecule has 5 rings (SSSR count). The Balaban J connectivity index is 1.69. The Bertz CT molecular complexity index is 1950. The molecule has 1 atom stereocenters. The lowest BCUT2D eigenvalue weighted by Gasteiger charge is -2.25. The van der Waals surface area contributed by atoms with E-state index in [1.54, 1.807) is 46.1 Å². The average molecular weight is 618 g/mol. The SMILES string of the molecule is CCOC(=O)Cn1cc(C=c2sc3n(c2=O)C(c2ccc(OC(C)C)c(OC)c2)C(C(=O)OCC)=C(C)N=3)c2ccccc21. The van der Waals surface area contributed by atoms with Crippen molar-refractivity contribution in [2.24, 2.45) is 4.99 Å². The minimum atomic E-state index is -0.806. The molecule has 4 aromatic rings. The third-order valence-corrected chi connectivity index (χ3v) is 8.08. The van der Waals surface area contributed by atoms with Gasteiger partial charge in [0.25, 0.3) is 5.56 Å². The monoisotopic (exact) mass is 617 g/mol. The van der Waals surface area contributed by atoms with Gasteiger partial charge in [-0.05, 0) is 64.5 Å². The molecule has 0 saturated carbocycles. The van der Waals surface area contributed by atoms with Crippen LogP contribution in [-0.4, -0.2) is 47.5 Å². The van der Waals surface area contributed by atoms with E-state index < -0.39 is 12.0 Å². The minimum absolute atomic E-state index is 0.0455. The highest BCUT2D eigenvalue weighted by Crippen LogP contribution is 2.36. The van der Waals surface area contributed by atoms with Crippen molar-refractivity contribution in [3.63, 3.8) is 0 Å². The highest BCUT2D eigenvalue weighted by atomic mass is 32.1. The Morgan fingerprint density at radius 1 is 1.07 bits per heavy atom. The molecule has 0 radical (unpaired) electrons. The van der Waals surface area contributed by atoms with Crippen LogP contribution in [0.1, 0.15) is 51.8 Å². The molecular formula is C33H35N3O7S. The van der Waals surface area contributed by atoms with Crippen LogP contribution in [0.3, 0.4) is 0 Å². The summed E-state index contributed by atoms with van der Waals surface area (Å²) in [5.41, 5.74) is 2.69. The number of rotatable bonds is 10. The zero-order valence-electron chi connectivity index (χ0n) is 25.6. The average Bonchev–Trinajstić information content (AvgIpc) is 3.48. The number of esters is 2. The molecule has 11 heteroatoms. The van der Waals surface area contributed by atoms with Crippen LogP contribution in [-0.2, 0) is 25.6 Å². The van der Waals surface area contributed by atoms with E-state index in [9.17, 15) is 14.4 Å². The molecule has 0 spiro atoms. The molecule has 2 aromatic carbocycles. The highest BCUT2D eigenvalue weighted by Gasteiger charge is 2.34. The third-order valence-electron chi connectivity index (χ3n) is 7.09. The molecule has 230 valence electrons. The maximum atomic E-state index is 14.2. The van der Waals surface area contributed by atoms with Crippen molar-refractivity contribution in [3.05, 3.63) is 90.7 Å². The van der Waals surface area contributed by atoms with Crippen molar-refractivity contribution in [2.75, 3.05) is 20.3 Å². The number of carbonyl (C=O) groups excluding carboxylic acids is 2. The lowest BCUT2D eigenvalue weighted by Crippen LogP contribution is -2.40. The fourth-order valence-corrected chi connectivity index (χ4v) is 6.36. The Labute approximate surface area is 258 Å². The maximum Gasteiger partial charge on any atom is 0.338 e. The van der Waals surface area contributed by atoms with Crippen LogP contribution >= 0.6 is 11.3 Å². The summed E-state index contributed by atoms with van der Waals surface area (Å²) in [4.78, 5) is 44.9. The van der Waals surface area contributed by atoms with Crippen molar-refractivity contribution in [2.45, 2.75) is 53.3 Å². The van der Waals surface area contributed by atoms with Crippen molar-refractivity contribution < 1.29 is 28.5 Å². The normalized spacial score (nSPS) is 14.9. The molecule has 1 aliphatic heterocycles. The summed E-state index contributed by atoms with van der Waals surface area (Å²) in [6, 6.07) is 12.2. The zero-order chi connectivity index (χ0) is 31.5. The molecule has 1 unspecified atom stereocenters. The number of para-hydroxylation sites is 1. The van der Waals surface area contributed by atoms with Crippen LogP contribution < -0.4 is 24.4 Å². The second-order valence-electron chi connectivity index (χ2n) is 10.4. The molecule has 0 bridgehead atoms. The summed E-state index contributed by atoms with van der Waals surface area (Å²) in [5, 5.41) is 0.882. The number of fused-ring (bicyclic) bond motifs is 2. The van der Waals surface area contributed by atoms with Crippen LogP contribution in [0, 0.1) is 0 Å². The topological polar surface area (TPSA) is 110 Å². The predicted octanol–water partition coefficient (Wildman–Crippen LogP) is 4.11. The first-order chi connectivity index (χ1) is 21.2. The fraction of sp³-hybridized carbons (Fsp3) is 0.333. The molecule has 2 aromatic heterocycles. The van der Waals surface area contributed by atoms with Gasteiger partial charge in [0.15, 0.2) is 16.3 Å². The lowest BCUT2D eigenvalue weighted by atomic mass is 9.95. The van der Waals surface area contributed by atoms with Crippen molar-refractivity contribution >= 4 is 40.3 Å². The molecule has 3 heterocycles. The van der Waals surface area contributed by atoms with Crippen molar-refractivity contribution in [1.82, 2.24) is 9.13 Å². The van der Waals surface area contributed by atoms with Gasteiger partial charge in [0, 0.05) is 22.7 Å². The van der Waals surface area contributed by atoms with Crippen LogP contribution in [0.5, 0.6) is 11.5 Å². The summed E-state index contributed by atoms with van der Waals surface area (Å²) < 4.78 is 25.9. The Morgan fingerprint density at radius 2 is 1.82 bits per heavy atom. The molecule has 44 heavy (non-hydrogen) atoms. The Morgan fingerprint density at radius 3 is 2.52 bits per heavy atom. The van der Waals surface area contributed by atoms with E-state index >= 15 is 0 Å².